The largest absolute Gasteiger partial charge is 0.288 e. The molecule has 0 aromatic heterocycles. The van der Waals surface area contributed by atoms with E-state index in [1.165, 1.54) is 38.5 Å². The second-order valence-corrected chi connectivity index (χ2v) is 4.60. The average Bonchev–Trinajstić information content (AvgIpc) is 2.16. The van der Waals surface area contributed by atoms with Crippen LogP contribution in [0.4, 0.5) is 0 Å². The van der Waals surface area contributed by atoms with E-state index in [0.717, 1.165) is 13.1 Å². The number of hydrogen-bond donors (Lipinski definition) is 0. The van der Waals surface area contributed by atoms with E-state index in [4.69, 9.17) is 11.6 Å². The number of halogens is 1. The molecule has 0 spiro atoms. The smallest absolute Gasteiger partial charge is 0.0821 e. The molecule has 0 radical (unpaired) electrons. The number of unbranched alkanes of at least 4 members (excludes halogenated alkanes) is 5. The Morgan fingerprint density at radius 1 is 1.00 bits per heavy atom. The second-order valence-electron chi connectivity index (χ2n) is 3.97. The molecule has 1 nitrogen and oxygen atoms in total. The molecule has 0 heterocycles. The number of rotatable bonds is 9. The van der Waals surface area contributed by atoms with Crippen LogP contribution in [0.25, 0.3) is 0 Å². The molecule has 0 N–H and O–H groups in total. The molecule has 0 aromatic carbocycles. The van der Waals surface area contributed by atoms with Crippen LogP contribution >= 0.6 is 11.6 Å². The fourth-order valence-corrected chi connectivity index (χ4v) is 1.92. The molecule has 14 heavy (non-hydrogen) atoms. The van der Waals surface area contributed by atoms with Crippen LogP contribution in [0, 0.1) is 0 Å². The monoisotopic (exact) mass is 219 g/mol. The van der Waals surface area contributed by atoms with Gasteiger partial charge in [-0.15, -0.1) is 11.6 Å². The van der Waals surface area contributed by atoms with E-state index in [2.05, 4.69) is 25.7 Å². The van der Waals surface area contributed by atoms with Gasteiger partial charge in [-0.1, -0.05) is 46.0 Å². The Labute approximate surface area is 94.8 Å². The highest BCUT2D eigenvalue weighted by atomic mass is 35.5. The molecule has 1 unspecified atom stereocenters. The lowest BCUT2D eigenvalue weighted by Crippen LogP contribution is -2.29. The van der Waals surface area contributed by atoms with Crippen molar-refractivity contribution in [1.29, 1.82) is 0 Å². The van der Waals surface area contributed by atoms with Crippen LogP contribution in [0.3, 0.4) is 0 Å². The van der Waals surface area contributed by atoms with Gasteiger partial charge in [-0.25, -0.2) is 0 Å². The van der Waals surface area contributed by atoms with Crippen molar-refractivity contribution < 1.29 is 0 Å². The minimum absolute atomic E-state index is 0.190. The number of nitrogens with zero attached hydrogens (tertiary/aromatic N) is 1. The van der Waals surface area contributed by atoms with Crippen molar-refractivity contribution in [2.45, 2.75) is 64.8 Å². The molecule has 1 atom stereocenters. The molecule has 86 valence electrons. The zero-order valence-electron chi connectivity index (χ0n) is 10.1. The maximum atomic E-state index is 6.03. The molecular formula is C12H26ClN. The van der Waals surface area contributed by atoms with Gasteiger partial charge in [-0.05, 0) is 26.4 Å². The van der Waals surface area contributed by atoms with Gasteiger partial charge in [0.1, 0.15) is 0 Å². The van der Waals surface area contributed by atoms with Crippen LogP contribution in [-0.2, 0) is 0 Å². The van der Waals surface area contributed by atoms with Crippen molar-refractivity contribution in [1.82, 2.24) is 4.90 Å². The van der Waals surface area contributed by atoms with Gasteiger partial charge in [0.2, 0.25) is 0 Å². The maximum absolute atomic E-state index is 6.03. The number of hydrogen-bond acceptors (Lipinski definition) is 1. The van der Waals surface area contributed by atoms with Crippen molar-refractivity contribution in [2.24, 2.45) is 0 Å². The third kappa shape index (κ3) is 7.64. The third-order valence-corrected chi connectivity index (χ3v) is 2.98. The van der Waals surface area contributed by atoms with Crippen LogP contribution in [0.15, 0.2) is 0 Å². The molecule has 0 bridgehead atoms. The minimum Gasteiger partial charge on any atom is -0.288 e. The topological polar surface area (TPSA) is 3.24 Å². The van der Waals surface area contributed by atoms with E-state index >= 15 is 0 Å². The predicted molar refractivity (Wildman–Crippen MR) is 65.9 cm³/mol. The molecule has 0 amide bonds. The summed E-state index contributed by atoms with van der Waals surface area (Å²) in [5.74, 6) is 0. The van der Waals surface area contributed by atoms with Crippen molar-refractivity contribution >= 4 is 11.6 Å². The van der Waals surface area contributed by atoms with Gasteiger partial charge in [0.25, 0.3) is 0 Å². The minimum atomic E-state index is 0.190. The van der Waals surface area contributed by atoms with Gasteiger partial charge in [0.05, 0.1) is 5.50 Å². The Morgan fingerprint density at radius 2 is 1.57 bits per heavy atom. The van der Waals surface area contributed by atoms with Gasteiger partial charge in [-0.3, -0.25) is 4.90 Å². The van der Waals surface area contributed by atoms with Crippen LogP contribution in [0.1, 0.15) is 59.3 Å². The van der Waals surface area contributed by atoms with E-state index in [0.29, 0.717) is 0 Å². The molecule has 0 aliphatic rings. The summed E-state index contributed by atoms with van der Waals surface area (Å²) in [6.45, 7) is 8.72. The van der Waals surface area contributed by atoms with Crippen molar-refractivity contribution in [2.75, 3.05) is 13.1 Å². The lowest BCUT2D eigenvalue weighted by Gasteiger charge is -2.22. The first kappa shape index (κ1) is 14.2. The molecule has 0 fully saturated rings. The molecule has 0 saturated carbocycles. The summed E-state index contributed by atoms with van der Waals surface area (Å²) < 4.78 is 0. The predicted octanol–water partition coefficient (Wildman–Crippen LogP) is 4.25. The summed E-state index contributed by atoms with van der Waals surface area (Å²) in [4.78, 5) is 2.32. The first-order valence-corrected chi connectivity index (χ1v) is 6.54. The van der Waals surface area contributed by atoms with Crippen molar-refractivity contribution in [3.63, 3.8) is 0 Å². The normalized spacial score (nSPS) is 13.5. The summed E-state index contributed by atoms with van der Waals surface area (Å²) in [7, 11) is 0. The Bertz CT molecular complexity index is 115. The molecule has 2 heteroatoms. The summed E-state index contributed by atoms with van der Waals surface area (Å²) in [6, 6.07) is 0. The molecule has 0 aliphatic carbocycles. The Hall–Kier alpha value is 0.250. The lowest BCUT2D eigenvalue weighted by molar-refractivity contribution is 0.269. The average molecular weight is 220 g/mol. The van der Waals surface area contributed by atoms with Gasteiger partial charge in [0, 0.05) is 0 Å². The SMILES string of the molecule is CCCCCCCCN(CC)C(C)Cl. The molecule has 0 aliphatic heterocycles. The highest BCUT2D eigenvalue weighted by molar-refractivity contribution is 6.20. The first-order chi connectivity index (χ1) is 6.72. The second kappa shape index (κ2) is 9.79. The third-order valence-electron chi connectivity index (χ3n) is 2.71. The van der Waals surface area contributed by atoms with E-state index in [1.807, 2.05) is 0 Å². The van der Waals surface area contributed by atoms with Gasteiger partial charge < -0.3 is 0 Å². The van der Waals surface area contributed by atoms with Crippen LogP contribution in [0.5, 0.6) is 0 Å². The van der Waals surface area contributed by atoms with Crippen LogP contribution in [0.2, 0.25) is 0 Å². The zero-order chi connectivity index (χ0) is 10.8. The molecule has 0 rings (SSSR count). The number of alkyl halides is 1. The Morgan fingerprint density at radius 3 is 2.07 bits per heavy atom. The Balaban J connectivity index is 3.25. The molecule has 0 saturated heterocycles. The van der Waals surface area contributed by atoms with Crippen molar-refractivity contribution in [3.05, 3.63) is 0 Å². The Kier molecular flexibility index (Phi) is 9.97. The fourth-order valence-electron chi connectivity index (χ4n) is 1.68. The summed E-state index contributed by atoms with van der Waals surface area (Å²) >= 11 is 6.03. The van der Waals surface area contributed by atoms with Crippen LogP contribution in [-0.4, -0.2) is 23.5 Å². The molecular weight excluding hydrogens is 194 g/mol. The standard InChI is InChI=1S/C12H26ClN/c1-4-6-7-8-9-10-11-14(5-2)12(3)13/h12H,4-11H2,1-3H3. The first-order valence-electron chi connectivity index (χ1n) is 6.10. The summed E-state index contributed by atoms with van der Waals surface area (Å²) in [6.07, 6.45) is 8.18. The summed E-state index contributed by atoms with van der Waals surface area (Å²) in [5, 5.41) is 0. The quantitative estimate of drug-likeness (QED) is 0.318. The maximum Gasteiger partial charge on any atom is 0.0821 e. The van der Waals surface area contributed by atoms with Crippen LogP contribution < -0.4 is 0 Å². The lowest BCUT2D eigenvalue weighted by atomic mass is 10.1. The van der Waals surface area contributed by atoms with Gasteiger partial charge >= 0.3 is 0 Å². The summed E-state index contributed by atoms with van der Waals surface area (Å²) in [5.41, 5.74) is 0.190. The van der Waals surface area contributed by atoms with Gasteiger partial charge in [0.15, 0.2) is 0 Å². The van der Waals surface area contributed by atoms with E-state index in [1.54, 1.807) is 0 Å². The van der Waals surface area contributed by atoms with E-state index in [-0.39, 0.29) is 5.50 Å². The zero-order valence-corrected chi connectivity index (χ0v) is 10.8. The van der Waals surface area contributed by atoms with Crippen molar-refractivity contribution in [3.8, 4) is 0 Å². The van der Waals surface area contributed by atoms with E-state index < -0.39 is 0 Å². The van der Waals surface area contributed by atoms with E-state index in [9.17, 15) is 0 Å². The fraction of sp³-hybridized carbons (Fsp3) is 1.00. The highest BCUT2D eigenvalue weighted by Gasteiger charge is 2.06. The van der Waals surface area contributed by atoms with Gasteiger partial charge in [-0.2, -0.15) is 0 Å². The molecule has 0 aromatic rings. The highest BCUT2D eigenvalue weighted by Crippen LogP contribution is 2.08.